The van der Waals surface area contributed by atoms with Gasteiger partial charge < -0.3 is 15.0 Å². The van der Waals surface area contributed by atoms with E-state index in [9.17, 15) is 4.79 Å². The third-order valence-electron chi connectivity index (χ3n) is 5.85. The molecule has 0 saturated carbocycles. The highest BCUT2D eigenvalue weighted by Gasteiger charge is 2.31. The summed E-state index contributed by atoms with van der Waals surface area (Å²) in [5.41, 5.74) is 1.92. The Morgan fingerprint density at radius 1 is 0.968 bits per heavy atom. The van der Waals surface area contributed by atoms with Crippen LogP contribution in [0, 0.1) is 0 Å². The van der Waals surface area contributed by atoms with Crippen LogP contribution in [0.5, 0.6) is 5.75 Å². The largest absolute Gasteiger partial charge is 0.497 e. The topological polar surface area (TPSA) is 44.8 Å². The van der Waals surface area contributed by atoms with E-state index >= 15 is 0 Å². The van der Waals surface area contributed by atoms with Gasteiger partial charge in [0.05, 0.1) is 13.2 Å². The lowest BCUT2D eigenvalue weighted by atomic mass is 10.0. The molecular formula is C25H29N3O2S. The van der Waals surface area contributed by atoms with Crippen LogP contribution in [0.3, 0.4) is 0 Å². The predicted octanol–water partition coefficient (Wildman–Crippen LogP) is 4.44. The lowest BCUT2D eigenvalue weighted by molar-refractivity contribution is 0.0890. The molecule has 1 fully saturated rings. The van der Waals surface area contributed by atoms with Crippen molar-refractivity contribution in [3.8, 4) is 5.75 Å². The number of amides is 1. The second-order valence-corrected chi connectivity index (χ2v) is 8.79. The minimum absolute atomic E-state index is 0.0171. The van der Waals surface area contributed by atoms with Crippen LogP contribution < -0.4 is 15.0 Å². The Labute approximate surface area is 188 Å². The standard InChI is InChI=1S/C25H29N3O2S/c1-19(26-25(29)20-10-12-22(30-2)13-11-20)24(23-9-6-18-31-23)28-16-14-27(15-17-28)21-7-4-3-5-8-21/h3-13,18-19,24H,14-17H2,1-2H3,(H,26,29)/t19-,24+/m1/s1. The van der Waals surface area contributed by atoms with E-state index in [1.54, 1.807) is 30.6 Å². The van der Waals surface area contributed by atoms with Crippen molar-refractivity contribution >= 4 is 22.9 Å². The van der Waals surface area contributed by atoms with Gasteiger partial charge in [-0.25, -0.2) is 0 Å². The molecule has 1 amide bonds. The highest BCUT2D eigenvalue weighted by atomic mass is 32.1. The van der Waals surface area contributed by atoms with E-state index in [0.29, 0.717) is 5.56 Å². The van der Waals surface area contributed by atoms with E-state index in [4.69, 9.17) is 4.74 Å². The van der Waals surface area contributed by atoms with Crippen molar-refractivity contribution in [1.29, 1.82) is 0 Å². The number of hydrogen-bond acceptors (Lipinski definition) is 5. The summed E-state index contributed by atoms with van der Waals surface area (Å²) in [4.78, 5) is 19.1. The summed E-state index contributed by atoms with van der Waals surface area (Å²) in [5.74, 6) is 0.692. The number of piperazine rings is 1. The van der Waals surface area contributed by atoms with E-state index in [1.165, 1.54) is 10.6 Å². The molecule has 3 aromatic rings. The Bertz CT molecular complexity index is 952. The number of hydrogen-bond donors (Lipinski definition) is 1. The second-order valence-electron chi connectivity index (χ2n) is 7.81. The summed E-state index contributed by atoms with van der Waals surface area (Å²) in [5, 5.41) is 5.35. The summed E-state index contributed by atoms with van der Waals surface area (Å²) >= 11 is 1.75. The number of nitrogens with zero attached hydrogens (tertiary/aromatic N) is 2. The Hall–Kier alpha value is -2.83. The fourth-order valence-electron chi connectivity index (χ4n) is 4.21. The molecule has 1 aromatic heterocycles. The summed E-state index contributed by atoms with van der Waals surface area (Å²) in [6, 6.07) is 22.2. The van der Waals surface area contributed by atoms with Crippen LogP contribution in [0.2, 0.25) is 0 Å². The third-order valence-corrected chi connectivity index (χ3v) is 6.79. The number of carbonyl (C=O) groups excluding carboxylic acids is 1. The van der Waals surface area contributed by atoms with Crippen LogP contribution in [-0.4, -0.2) is 50.1 Å². The molecule has 6 heteroatoms. The molecule has 31 heavy (non-hydrogen) atoms. The number of nitrogens with one attached hydrogen (secondary N) is 1. The molecule has 162 valence electrons. The zero-order chi connectivity index (χ0) is 21.6. The molecular weight excluding hydrogens is 406 g/mol. The Morgan fingerprint density at radius 3 is 2.29 bits per heavy atom. The van der Waals surface area contributed by atoms with E-state index in [0.717, 1.165) is 31.9 Å². The molecule has 0 aliphatic carbocycles. The SMILES string of the molecule is COc1ccc(C(=O)N[C@H](C)[C@@H](c2cccs2)N2CCN(c3ccccc3)CC2)cc1. The first-order chi connectivity index (χ1) is 15.2. The van der Waals surface area contributed by atoms with Crippen LogP contribution >= 0.6 is 11.3 Å². The Kier molecular flexibility index (Phi) is 6.89. The first-order valence-electron chi connectivity index (χ1n) is 10.7. The number of thiophene rings is 1. The molecule has 2 aromatic carbocycles. The van der Waals surface area contributed by atoms with Crippen LogP contribution in [0.25, 0.3) is 0 Å². The summed E-state index contributed by atoms with van der Waals surface area (Å²) in [6.07, 6.45) is 0. The molecule has 1 aliphatic rings. The molecule has 0 unspecified atom stereocenters. The lowest BCUT2D eigenvalue weighted by Gasteiger charge is -2.42. The predicted molar refractivity (Wildman–Crippen MR) is 127 cm³/mol. The number of benzene rings is 2. The molecule has 1 aliphatic heterocycles. The van der Waals surface area contributed by atoms with E-state index in [1.807, 2.05) is 12.1 Å². The second kappa shape index (κ2) is 9.98. The fraction of sp³-hybridized carbons (Fsp3) is 0.320. The molecule has 0 spiro atoms. The maximum absolute atomic E-state index is 12.9. The summed E-state index contributed by atoms with van der Waals surface area (Å²) in [7, 11) is 1.63. The van der Waals surface area contributed by atoms with Crippen molar-refractivity contribution in [3.05, 3.63) is 82.6 Å². The van der Waals surface area contributed by atoms with Gasteiger partial charge in [-0.05, 0) is 54.8 Å². The van der Waals surface area contributed by atoms with Gasteiger partial charge in [-0.15, -0.1) is 11.3 Å². The highest BCUT2D eigenvalue weighted by Crippen LogP contribution is 2.30. The van der Waals surface area contributed by atoms with Crippen molar-refractivity contribution in [3.63, 3.8) is 0 Å². The summed E-state index contributed by atoms with van der Waals surface area (Å²) < 4.78 is 5.20. The van der Waals surface area contributed by atoms with Crippen LogP contribution in [0.15, 0.2) is 72.1 Å². The maximum atomic E-state index is 12.9. The number of anilines is 1. The minimum Gasteiger partial charge on any atom is -0.497 e. The lowest BCUT2D eigenvalue weighted by Crippen LogP contribution is -2.52. The van der Waals surface area contributed by atoms with E-state index in [2.05, 4.69) is 69.9 Å². The van der Waals surface area contributed by atoms with Gasteiger partial charge in [0.15, 0.2) is 0 Å². The average Bonchev–Trinajstić information content (AvgIpc) is 3.34. The van der Waals surface area contributed by atoms with Crippen molar-refractivity contribution in [2.75, 3.05) is 38.2 Å². The Morgan fingerprint density at radius 2 is 1.68 bits per heavy atom. The fourth-order valence-corrected chi connectivity index (χ4v) is 5.17. The molecule has 2 heterocycles. The number of carbonyl (C=O) groups is 1. The maximum Gasteiger partial charge on any atom is 0.251 e. The zero-order valence-electron chi connectivity index (χ0n) is 18.0. The van der Waals surface area contributed by atoms with Crippen molar-refractivity contribution < 1.29 is 9.53 Å². The quantitative estimate of drug-likeness (QED) is 0.596. The molecule has 1 N–H and O–H groups in total. The summed E-state index contributed by atoms with van der Waals surface area (Å²) in [6.45, 7) is 5.98. The van der Waals surface area contributed by atoms with E-state index in [-0.39, 0.29) is 18.0 Å². The zero-order valence-corrected chi connectivity index (χ0v) is 18.8. The van der Waals surface area contributed by atoms with Crippen LogP contribution in [0.4, 0.5) is 5.69 Å². The molecule has 5 nitrogen and oxygen atoms in total. The molecule has 0 bridgehead atoms. The average molecular weight is 436 g/mol. The van der Waals surface area contributed by atoms with Gasteiger partial charge in [0.25, 0.3) is 5.91 Å². The number of ether oxygens (including phenoxy) is 1. The van der Waals surface area contributed by atoms with Crippen LogP contribution in [-0.2, 0) is 0 Å². The van der Waals surface area contributed by atoms with Crippen LogP contribution in [0.1, 0.15) is 28.2 Å². The van der Waals surface area contributed by atoms with Crippen molar-refractivity contribution in [1.82, 2.24) is 10.2 Å². The van der Waals surface area contributed by atoms with Gasteiger partial charge in [0.1, 0.15) is 5.75 Å². The molecule has 2 atom stereocenters. The third kappa shape index (κ3) is 5.09. The van der Waals surface area contributed by atoms with Gasteiger partial charge in [-0.1, -0.05) is 24.3 Å². The van der Waals surface area contributed by atoms with Gasteiger partial charge in [0.2, 0.25) is 0 Å². The number of methoxy groups -OCH3 is 1. The van der Waals surface area contributed by atoms with Gasteiger partial charge in [-0.3, -0.25) is 9.69 Å². The van der Waals surface area contributed by atoms with E-state index < -0.39 is 0 Å². The van der Waals surface area contributed by atoms with Crippen molar-refractivity contribution in [2.45, 2.75) is 19.0 Å². The first-order valence-corrected chi connectivity index (χ1v) is 11.6. The molecule has 0 radical (unpaired) electrons. The smallest absolute Gasteiger partial charge is 0.251 e. The number of rotatable bonds is 7. The molecule has 4 rings (SSSR count). The van der Waals surface area contributed by atoms with Gasteiger partial charge >= 0.3 is 0 Å². The number of para-hydroxylation sites is 1. The first kappa shape index (κ1) is 21.4. The monoisotopic (exact) mass is 435 g/mol. The van der Waals surface area contributed by atoms with Gasteiger partial charge in [-0.2, -0.15) is 0 Å². The minimum atomic E-state index is -0.0559. The molecule has 1 saturated heterocycles. The highest BCUT2D eigenvalue weighted by molar-refractivity contribution is 7.10. The van der Waals surface area contributed by atoms with Crippen molar-refractivity contribution in [2.24, 2.45) is 0 Å². The normalized spacial score (nSPS) is 16.5. The Balaban J connectivity index is 1.45. The van der Waals surface area contributed by atoms with Gasteiger partial charge in [0, 0.05) is 48.3 Å².